The molecule has 0 aromatic carbocycles. The van der Waals surface area contributed by atoms with E-state index in [1.807, 2.05) is 0 Å². The van der Waals surface area contributed by atoms with E-state index in [1.165, 1.54) is 64.6 Å². The lowest BCUT2D eigenvalue weighted by Gasteiger charge is -2.33. The normalized spacial score (nSPS) is 33.5. The number of hydrogen-bond donors (Lipinski definition) is 2. The van der Waals surface area contributed by atoms with E-state index in [0.29, 0.717) is 12.1 Å². The molecule has 0 aromatic rings. The van der Waals surface area contributed by atoms with E-state index in [0.717, 1.165) is 6.04 Å². The Hall–Kier alpha value is -0.120. The molecular formula is C14H29N3. The van der Waals surface area contributed by atoms with Crippen molar-refractivity contribution in [2.75, 3.05) is 19.6 Å². The van der Waals surface area contributed by atoms with Gasteiger partial charge in [-0.1, -0.05) is 6.42 Å². The van der Waals surface area contributed by atoms with Crippen LogP contribution in [0.2, 0.25) is 0 Å². The molecule has 3 nitrogen and oxygen atoms in total. The number of nitrogens with zero attached hydrogens (tertiary/aromatic N) is 1. The molecule has 1 heterocycles. The van der Waals surface area contributed by atoms with Crippen LogP contribution in [0.15, 0.2) is 0 Å². The second-order valence-corrected chi connectivity index (χ2v) is 6.04. The Morgan fingerprint density at radius 1 is 1.12 bits per heavy atom. The van der Waals surface area contributed by atoms with Crippen LogP contribution in [-0.2, 0) is 0 Å². The Morgan fingerprint density at radius 2 is 1.76 bits per heavy atom. The molecule has 0 amide bonds. The fourth-order valence-corrected chi connectivity index (χ4v) is 3.27. The quantitative estimate of drug-likeness (QED) is 0.785. The van der Waals surface area contributed by atoms with Crippen molar-refractivity contribution in [3.63, 3.8) is 0 Å². The zero-order valence-corrected chi connectivity index (χ0v) is 11.3. The maximum Gasteiger partial charge on any atom is 0.0169 e. The highest BCUT2D eigenvalue weighted by Gasteiger charge is 2.21. The fourth-order valence-electron chi connectivity index (χ4n) is 3.27. The monoisotopic (exact) mass is 239 g/mol. The Morgan fingerprint density at radius 3 is 2.41 bits per heavy atom. The SMILES string of the molecule is CC(CN1CCCCC1)NC1CCC(N)CC1. The summed E-state index contributed by atoms with van der Waals surface area (Å²) in [6.07, 6.45) is 9.16. The average molecular weight is 239 g/mol. The molecule has 1 saturated carbocycles. The summed E-state index contributed by atoms with van der Waals surface area (Å²) in [7, 11) is 0. The fraction of sp³-hybridized carbons (Fsp3) is 1.00. The molecule has 17 heavy (non-hydrogen) atoms. The standard InChI is InChI=1S/C14H29N3/c1-12(11-17-9-3-2-4-10-17)16-14-7-5-13(15)6-8-14/h12-14,16H,2-11,15H2,1H3. The summed E-state index contributed by atoms with van der Waals surface area (Å²) in [5.74, 6) is 0. The van der Waals surface area contributed by atoms with Crippen LogP contribution < -0.4 is 11.1 Å². The third-order valence-electron chi connectivity index (χ3n) is 4.27. The van der Waals surface area contributed by atoms with Crippen LogP contribution in [-0.4, -0.2) is 42.7 Å². The van der Waals surface area contributed by atoms with Gasteiger partial charge in [-0.05, 0) is 58.5 Å². The first-order valence-corrected chi connectivity index (χ1v) is 7.48. The lowest BCUT2D eigenvalue weighted by molar-refractivity contribution is 0.197. The molecule has 1 unspecified atom stereocenters. The molecule has 1 aliphatic heterocycles. The van der Waals surface area contributed by atoms with E-state index in [4.69, 9.17) is 5.73 Å². The first-order chi connectivity index (χ1) is 8.24. The number of nitrogens with two attached hydrogens (primary N) is 1. The molecule has 0 bridgehead atoms. The topological polar surface area (TPSA) is 41.3 Å². The average Bonchev–Trinajstić information content (AvgIpc) is 2.33. The summed E-state index contributed by atoms with van der Waals surface area (Å²) >= 11 is 0. The van der Waals surface area contributed by atoms with E-state index in [1.54, 1.807) is 0 Å². The molecule has 2 fully saturated rings. The van der Waals surface area contributed by atoms with Crippen molar-refractivity contribution in [3.8, 4) is 0 Å². The number of nitrogens with one attached hydrogen (secondary N) is 1. The summed E-state index contributed by atoms with van der Waals surface area (Å²) in [4.78, 5) is 2.62. The molecule has 0 aromatic heterocycles. The Balaban J connectivity index is 1.64. The van der Waals surface area contributed by atoms with E-state index < -0.39 is 0 Å². The molecule has 0 spiro atoms. The van der Waals surface area contributed by atoms with Crippen LogP contribution in [0.4, 0.5) is 0 Å². The summed E-state index contributed by atoms with van der Waals surface area (Å²) in [6.45, 7) is 6.18. The minimum absolute atomic E-state index is 0.463. The zero-order valence-electron chi connectivity index (χ0n) is 11.3. The van der Waals surface area contributed by atoms with Crippen molar-refractivity contribution >= 4 is 0 Å². The van der Waals surface area contributed by atoms with Gasteiger partial charge in [-0.25, -0.2) is 0 Å². The predicted octanol–water partition coefficient (Wildman–Crippen LogP) is 1.72. The van der Waals surface area contributed by atoms with E-state index >= 15 is 0 Å². The molecule has 1 saturated heterocycles. The van der Waals surface area contributed by atoms with Crippen molar-refractivity contribution in [1.29, 1.82) is 0 Å². The van der Waals surface area contributed by atoms with Gasteiger partial charge in [0.25, 0.3) is 0 Å². The van der Waals surface area contributed by atoms with E-state index in [9.17, 15) is 0 Å². The highest BCUT2D eigenvalue weighted by molar-refractivity contribution is 4.82. The molecule has 0 radical (unpaired) electrons. The lowest BCUT2D eigenvalue weighted by atomic mass is 9.91. The number of likely N-dealkylation sites (tertiary alicyclic amines) is 1. The molecule has 1 atom stereocenters. The number of piperidine rings is 1. The highest BCUT2D eigenvalue weighted by Crippen LogP contribution is 2.17. The largest absolute Gasteiger partial charge is 0.328 e. The first-order valence-electron chi connectivity index (χ1n) is 7.48. The zero-order chi connectivity index (χ0) is 12.1. The summed E-state index contributed by atoms with van der Waals surface area (Å²) in [5, 5.41) is 3.79. The predicted molar refractivity (Wildman–Crippen MR) is 73.1 cm³/mol. The minimum atomic E-state index is 0.463. The van der Waals surface area contributed by atoms with Crippen LogP contribution in [0.1, 0.15) is 51.9 Å². The van der Waals surface area contributed by atoms with Crippen molar-refractivity contribution < 1.29 is 0 Å². The Labute approximate surface area is 106 Å². The van der Waals surface area contributed by atoms with Crippen LogP contribution in [0, 0.1) is 0 Å². The second-order valence-electron chi connectivity index (χ2n) is 6.04. The summed E-state index contributed by atoms with van der Waals surface area (Å²) < 4.78 is 0. The highest BCUT2D eigenvalue weighted by atomic mass is 15.2. The Kier molecular flexibility index (Phi) is 5.26. The van der Waals surface area contributed by atoms with Gasteiger partial charge < -0.3 is 16.0 Å². The first kappa shape index (κ1) is 13.3. The van der Waals surface area contributed by atoms with Gasteiger partial charge >= 0.3 is 0 Å². The molecule has 3 N–H and O–H groups in total. The molecule has 100 valence electrons. The van der Waals surface area contributed by atoms with Crippen LogP contribution in [0.3, 0.4) is 0 Å². The van der Waals surface area contributed by atoms with Crippen molar-refractivity contribution in [1.82, 2.24) is 10.2 Å². The molecule has 2 aliphatic rings. The van der Waals surface area contributed by atoms with E-state index in [2.05, 4.69) is 17.1 Å². The van der Waals surface area contributed by atoms with Crippen LogP contribution >= 0.6 is 0 Å². The van der Waals surface area contributed by atoms with Gasteiger partial charge in [0.1, 0.15) is 0 Å². The summed E-state index contributed by atoms with van der Waals surface area (Å²) in [5.41, 5.74) is 5.94. The maximum atomic E-state index is 5.94. The van der Waals surface area contributed by atoms with Gasteiger partial charge in [-0.15, -0.1) is 0 Å². The molecular weight excluding hydrogens is 210 g/mol. The minimum Gasteiger partial charge on any atom is -0.328 e. The Bertz CT molecular complexity index is 206. The van der Waals surface area contributed by atoms with E-state index in [-0.39, 0.29) is 0 Å². The number of rotatable bonds is 4. The van der Waals surface area contributed by atoms with Crippen LogP contribution in [0.25, 0.3) is 0 Å². The number of hydrogen-bond acceptors (Lipinski definition) is 3. The van der Waals surface area contributed by atoms with Gasteiger partial charge in [-0.2, -0.15) is 0 Å². The van der Waals surface area contributed by atoms with Crippen molar-refractivity contribution in [2.24, 2.45) is 5.73 Å². The lowest BCUT2D eigenvalue weighted by Crippen LogP contribution is -2.47. The van der Waals surface area contributed by atoms with Gasteiger partial charge in [0, 0.05) is 24.7 Å². The maximum absolute atomic E-state index is 5.94. The second kappa shape index (κ2) is 6.72. The molecule has 1 aliphatic carbocycles. The van der Waals surface area contributed by atoms with Crippen LogP contribution in [0.5, 0.6) is 0 Å². The van der Waals surface area contributed by atoms with Gasteiger partial charge in [-0.3, -0.25) is 0 Å². The smallest absolute Gasteiger partial charge is 0.0169 e. The molecule has 3 heteroatoms. The van der Waals surface area contributed by atoms with Gasteiger partial charge in [0.05, 0.1) is 0 Å². The summed E-state index contributed by atoms with van der Waals surface area (Å²) in [6, 6.07) is 1.81. The van der Waals surface area contributed by atoms with Gasteiger partial charge in [0.2, 0.25) is 0 Å². The van der Waals surface area contributed by atoms with Crippen molar-refractivity contribution in [2.45, 2.75) is 70.0 Å². The third kappa shape index (κ3) is 4.57. The molecule has 2 rings (SSSR count). The van der Waals surface area contributed by atoms with Crippen molar-refractivity contribution in [3.05, 3.63) is 0 Å². The third-order valence-corrected chi connectivity index (χ3v) is 4.27. The van der Waals surface area contributed by atoms with Gasteiger partial charge in [0.15, 0.2) is 0 Å².